The first-order valence-electron chi connectivity index (χ1n) is 5.59. The van der Waals surface area contributed by atoms with Crippen LogP contribution in [0.4, 0.5) is 0 Å². The van der Waals surface area contributed by atoms with E-state index in [1.165, 1.54) is 6.08 Å². The SMILES string of the molecule is CCOC(=O)/C=C(\N)N[C@@H](C)c1ccccc1. The Morgan fingerprint density at radius 3 is 2.71 bits per heavy atom. The van der Waals surface area contributed by atoms with E-state index >= 15 is 0 Å². The third kappa shape index (κ3) is 4.59. The van der Waals surface area contributed by atoms with Crippen molar-refractivity contribution in [1.82, 2.24) is 5.32 Å². The van der Waals surface area contributed by atoms with Gasteiger partial charge in [-0.25, -0.2) is 4.79 Å². The van der Waals surface area contributed by atoms with Gasteiger partial charge in [0, 0.05) is 6.04 Å². The third-order valence-corrected chi connectivity index (χ3v) is 2.24. The zero-order valence-corrected chi connectivity index (χ0v) is 10.1. The molecule has 0 spiro atoms. The fourth-order valence-corrected chi connectivity index (χ4v) is 1.43. The van der Waals surface area contributed by atoms with Crippen molar-refractivity contribution in [3.8, 4) is 0 Å². The second-order valence-corrected chi connectivity index (χ2v) is 3.63. The van der Waals surface area contributed by atoms with E-state index in [4.69, 9.17) is 10.5 Å². The number of rotatable bonds is 5. The van der Waals surface area contributed by atoms with Crippen molar-refractivity contribution >= 4 is 5.97 Å². The predicted molar refractivity (Wildman–Crippen MR) is 66.9 cm³/mol. The molecule has 3 N–H and O–H groups in total. The van der Waals surface area contributed by atoms with Crippen LogP contribution in [0.1, 0.15) is 25.5 Å². The molecule has 0 aromatic heterocycles. The zero-order valence-electron chi connectivity index (χ0n) is 10.1. The van der Waals surface area contributed by atoms with Gasteiger partial charge in [0.1, 0.15) is 5.82 Å². The number of benzene rings is 1. The molecular formula is C13H18N2O2. The molecule has 17 heavy (non-hydrogen) atoms. The minimum Gasteiger partial charge on any atom is -0.463 e. The van der Waals surface area contributed by atoms with Gasteiger partial charge in [-0.15, -0.1) is 0 Å². The maximum Gasteiger partial charge on any atom is 0.334 e. The van der Waals surface area contributed by atoms with Crippen molar-refractivity contribution in [2.45, 2.75) is 19.9 Å². The Bertz CT molecular complexity index is 388. The molecule has 1 aromatic rings. The lowest BCUT2D eigenvalue weighted by atomic mass is 10.1. The van der Waals surface area contributed by atoms with Gasteiger partial charge in [-0.3, -0.25) is 0 Å². The van der Waals surface area contributed by atoms with Crippen LogP contribution in [-0.4, -0.2) is 12.6 Å². The summed E-state index contributed by atoms with van der Waals surface area (Å²) < 4.78 is 4.76. The number of hydrogen-bond donors (Lipinski definition) is 2. The van der Waals surface area contributed by atoms with Crippen LogP contribution in [0.15, 0.2) is 42.2 Å². The van der Waals surface area contributed by atoms with Crippen molar-refractivity contribution in [3.05, 3.63) is 47.8 Å². The van der Waals surface area contributed by atoms with E-state index in [0.29, 0.717) is 12.4 Å². The standard InChI is InChI=1S/C13H18N2O2/c1-3-17-13(16)9-12(14)15-10(2)11-7-5-4-6-8-11/h4-10,15H,3,14H2,1-2H3/b12-9+/t10-/m0/s1. The van der Waals surface area contributed by atoms with Crippen LogP contribution in [0.5, 0.6) is 0 Å². The quantitative estimate of drug-likeness (QED) is 0.601. The number of ether oxygens (including phenoxy) is 1. The van der Waals surface area contributed by atoms with Crippen molar-refractivity contribution < 1.29 is 9.53 Å². The first-order valence-corrected chi connectivity index (χ1v) is 5.59. The molecule has 0 aliphatic rings. The van der Waals surface area contributed by atoms with E-state index < -0.39 is 5.97 Å². The van der Waals surface area contributed by atoms with Crippen LogP contribution in [0.2, 0.25) is 0 Å². The lowest BCUT2D eigenvalue weighted by Gasteiger charge is -2.15. The van der Waals surface area contributed by atoms with Gasteiger partial charge in [-0.2, -0.15) is 0 Å². The Morgan fingerprint density at radius 2 is 2.12 bits per heavy atom. The Morgan fingerprint density at radius 1 is 1.47 bits per heavy atom. The summed E-state index contributed by atoms with van der Waals surface area (Å²) in [6, 6.07) is 9.90. The van der Waals surface area contributed by atoms with E-state index in [1.807, 2.05) is 37.3 Å². The first kappa shape index (κ1) is 13.1. The van der Waals surface area contributed by atoms with E-state index in [9.17, 15) is 4.79 Å². The van der Waals surface area contributed by atoms with Crippen molar-refractivity contribution in [1.29, 1.82) is 0 Å². The zero-order chi connectivity index (χ0) is 12.7. The Balaban J connectivity index is 2.57. The first-order chi connectivity index (χ1) is 8.13. The molecule has 0 radical (unpaired) electrons. The Hall–Kier alpha value is -1.97. The molecule has 0 fully saturated rings. The van der Waals surface area contributed by atoms with Gasteiger partial charge in [0.05, 0.1) is 12.7 Å². The van der Waals surface area contributed by atoms with Crippen molar-refractivity contribution in [2.24, 2.45) is 5.73 Å². The van der Waals surface area contributed by atoms with Gasteiger partial charge in [-0.1, -0.05) is 30.3 Å². The van der Waals surface area contributed by atoms with Gasteiger partial charge in [0.15, 0.2) is 0 Å². The molecule has 0 saturated carbocycles. The lowest BCUT2D eigenvalue weighted by Crippen LogP contribution is -2.24. The van der Waals surface area contributed by atoms with Crippen LogP contribution in [-0.2, 0) is 9.53 Å². The van der Waals surface area contributed by atoms with Crippen molar-refractivity contribution in [2.75, 3.05) is 6.61 Å². The van der Waals surface area contributed by atoms with Crippen LogP contribution in [0.3, 0.4) is 0 Å². The molecule has 4 heteroatoms. The fraction of sp³-hybridized carbons (Fsp3) is 0.308. The molecule has 1 atom stereocenters. The van der Waals surface area contributed by atoms with Crippen molar-refractivity contribution in [3.63, 3.8) is 0 Å². The summed E-state index contributed by atoms with van der Waals surface area (Å²) >= 11 is 0. The molecule has 0 aliphatic carbocycles. The van der Waals surface area contributed by atoms with Gasteiger partial charge in [-0.05, 0) is 19.4 Å². The second-order valence-electron chi connectivity index (χ2n) is 3.63. The fourth-order valence-electron chi connectivity index (χ4n) is 1.43. The van der Waals surface area contributed by atoms with Crippen LogP contribution in [0, 0.1) is 0 Å². The number of nitrogens with two attached hydrogens (primary N) is 1. The Labute approximate surface area is 101 Å². The number of nitrogens with one attached hydrogen (secondary N) is 1. The monoisotopic (exact) mass is 234 g/mol. The highest BCUT2D eigenvalue weighted by molar-refractivity contribution is 5.82. The summed E-state index contributed by atoms with van der Waals surface area (Å²) in [6.45, 7) is 4.07. The Kier molecular flexibility index (Phi) is 5.07. The average Bonchev–Trinajstić information content (AvgIpc) is 2.30. The highest BCUT2D eigenvalue weighted by atomic mass is 16.5. The number of carbonyl (C=O) groups is 1. The maximum atomic E-state index is 11.2. The highest BCUT2D eigenvalue weighted by Crippen LogP contribution is 2.11. The summed E-state index contributed by atoms with van der Waals surface area (Å²) in [5.74, 6) is -0.127. The van der Waals surface area contributed by atoms with E-state index in [1.54, 1.807) is 6.92 Å². The number of hydrogen-bond acceptors (Lipinski definition) is 4. The van der Waals surface area contributed by atoms with Crippen LogP contribution < -0.4 is 11.1 Å². The molecule has 0 bridgehead atoms. The smallest absolute Gasteiger partial charge is 0.334 e. The minimum absolute atomic E-state index is 0.0434. The summed E-state index contributed by atoms with van der Waals surface area (Å²) in [7, 11) is 0. The normalized spacial score (nSPS) is 12.9. The number of esters is 1. The second kappa shape index (κ2) is 6.58. The molecular weight excluding hydrogens is 216 g/mol. The minimum atomic E-state index is -0.433. The van der Waals surface area contributed by atoms with Gasteiger partial charge < -0.3 is 15.8 Å². The molecule has 0 saturated heterocycles. The average molecular weight is 234 g/mol. The van der Waals surface area contributed by atoms with Gasteiger partial charge in [0.2, 0.25) is 0 Å². The summed E-state index contributed by atoms with van der Waals surface area (Å²) in [4.78, 5) is 11.2. The topological polar surface area (TPSA) is 64.3 Å². The third-order valence-electron chi connectivity index (χ3n) is 2.24. The van der Waals surface area contributed by atoms with Crippen LogP contribution >= 0.6 is 0 Å². The molecule has 1 rings (SSSR count). The summed E-state index contributed by atoms with van der Waals surface area (Å²) in [6.07, 6.45) is 1.25. The van der Waals surface area contributed by atoms with Crippen LogP contribution in [0.25, 0.3) is 0 Å². The van der Waals surface area contributed by atoms with E-state index in [2.05, 4.69) is 5.32 Å². The van der Waals surface area contributed by atoms with E-state index in [-0.39, 0.29) is 6.04 Å². The van der Waals surface area contributed by atoms with Gasteiger partial charge >= 0.3 is 5.97 Å². The van der Waals surface area contributed by atoms with Gasteiger partial charge in [0.25, 0.3) is 0 Å². The largest absolute Gasteiger partial charge is 0.463 e. The molecule has 1 aromatic carbocycles. The number of carbonyl (C=O) groups excluding carboxylic acids is 1. The molecule has 0 amide bonds. The molecule has 92 valence electrons. The van der Waals surface area contributed by atoms with E-state index in [0.717, 1.165) is 5.56 Å². The molecule has 0 unspecified atom stereocenters. The molecule has 0 aliphatic heterocycles. The summed E-state index contributed by atoms with van der Waals surface area (Å²) in [5.41, 5.74) is 6.80. The highest BCUT2D eigenvalue weighted by Gasteiger charge is 2.05. The molecule has 0 heterocycles. The molecule has 4 nitrogen and oxygen atoms in total. The predicted octanol–water partition coefficient (Wildman–Crippen LogP) is 1.70. The summed E-state index contributed by atoms with van der Waals surface area (Å²) in [5, 5.41) is 3.02. The lowest BCUT2D eigenvalue weighted by molar-refractivity contribution is -0.137. The maximum absolute atomic E-state index is 11.2.